The number of carbonyl (C=O) groups excluding carboxylic acids is 3. The molecule has 10 nitrogen and oxygen atoms in total. The van der Waals surface area contributed by atoms with E-state index in [2.05, 4.69) is 20.8 Å². The van der Waals surface area contributed by atoms with E-state index in [1.54, 1.807) is 34.6 Å². The molecule has 0 aliphatic carbocycles. The molecule has 0 spiro atoms. The molecular formula is C18H25N5O5S. The normalized spacial score (nSPS) is 12.2. The molecule has 0 aromatic carbocycles. The van der Waals surface area contributed by atoms with Crippen LogP contribution >= 0.6 is 11.3 Å². The third kappa shape index (κ3) is 5.76. The fourth-order valence-corrected chi connectivity index (χ4v) is 3.44. The smallest absolute Gasteiger partial charge is 0.341 e. The Morgan fingerprint density at radius 1 is 1.24 bits per heavy atom. The third-order valence-corrected chi connectivity index (χ3v) is 4.71. The number of thiophene rings is 1. The number of hydrogen-bond donors (Lipinski definition) is 2. The molecule has 1 atom stereocenters. The molecule has 2 aromatic heterocycles. The maximum absolute atomic E-state index is 12.4. The summed E-state index contributed by atoms with van der Waals surface area (Å²) in [5.74, 6) is -1.14. The average molecular weight is 423 g/mol. The standard InChI is InChI=1S/C18H25N5O5S/c1-7-27-16(25)12-10(2)14(23-19-8-9-20-23)29-13(12)22-17(26)21-11(3)15(24)28-18(4,5)6/h8-9,11H,7H2,1-6H3,(H2,21,22,26). The lowest BCUT2D eigenvalue weighted by Crippen LogP contribution is -2.44. The summed E-state index contributed by atoms with van der Waals surface area (Å²) in [4.78, 5) is 38.3. The second kappa shape index (κ2) is 9.03. The summed E-state index contributed by atoms with van der Waals surface area (Å²) < 4.78 is 10.4. The van der Waals surface area contributed by atoms with Gasteiger partial charge in [-0.1, -0.05) is 11.3 Å². The van der Waals surface area contributed by atoms with Gasteiger partial charge in [-0.2, -0.15) is 10.2 Å². The summed E-state index contributed by atoms with van der Waals surface area (Å²) in [6.07, 6.45) is 3.01. The van der Waals surface area contributed by atoms with Gasteiger partial charge in [-0.15, -0.1) is 4.80 Å². The molecule has 0 aliphatic rings. The molecule has 1 unspecified atom stereocenters. The number of nitrogens with one attached hydrogen (secondary N) is 2. The van der Waals surface area contributed by atoms with E-state index < -0.39 is 29.6 Å². The van der Waals surface area contributed by atoms with Gasteiger partial charge in [0.05, 0.1) is 24.6 Å². The van der Waals surface area contributed by atoms with Gasteiger partial charge in [-0.25, -0.2) is 14.4 Å². The van der Waals surface area contributed by atoms with Crippen LogP contribution in [0.15, 0.2) is 12.4 Å². The van der Waals surface area contributed by atoms with Gasteiger partial charge in [0.15, 0.2) is 0 Å². The van der Waals surface area contributed by atoms with Gasteiger partial charge in [0, 0.05) is 5.56 Å². The minimum absolute atomic E-state index is 0.185. The molecule has 2 aromatic rings. The third-order valence-electron chi connectivity index (χ3n) is 3.54. The number of esters is 2. The Hall–Kier alpha value is -2.95. The number of amides is 2. The van der Waals surface area contributed by atoms with Crippen molar-refractivity contribution < 1.29 is 23.9 Å². The van der Waals surface area contributed by atoms with E-state index in [1.165, 1.54) is 24.1 Å². The van der Waals surface area contributed by atoms with Crippen molar-refractivity contribution in [3.63, 3.8) is 0 Å². The number of carbonyl (C=O) groups is 3. The van der Waals surface area contributed by atoms with Crippen LogP contribution in [0.2, 0.25) is 0 Å². The minimum Gasteiger partial charge on any atom is -0.462 e. The lowest BCUT2D eigenvalue weighted by Gasteiger charge is -2.22. The van der Waals surface area contributed by atoms with E-state index in [0.29, 0.717) is 10.6 Å². The maximum atomic E-state index is 12.4. The molecule has 0 radical (unpaired) electrons. The fourth-order valence-electron chi connectivity index (χ4n) is 2.33. The first kappa shape index (κ1) is 22.3. The van der Waals surface area contributed by atoms with Gasteiger partial charge in [0.1, 0.15) is 21.6 Å². The zero-order valence-corrected chi connectivity index (χ0v) is 18.0. The molecule has 29 heavy (non-hydrogen) atoms. The number of ether oxygens (including phenoxy) is 2. The summed E-state index contributed by atoms with van der Waals surface area (Å²) in [6.45, 7) is 10.3. The van der Waals surface area contributed by atoms with Crippen molar-refractivity contribution in [2.75, 3.05) is 11.9 Å². The Balaban J connectivity index is 2.22. The van der Waals surface area contributed by atoms with Crippen LogP contribution in [-0.4, -0.2) is 51.2 Å². The van der Waals surface area contributed by atoms with E-state index in [0.717, 1.165) is 11.3 Å². The maximum Gasteiger partial charge on any atom is 0.341 e. The van der Waals surface area contributed by atoms with Crippen LogP contribution in [-0.2, 0) is 14.3 Å². The largest absolute Gasteiger partial charge is 0.462 e. The first-order chi connectivity index (χ1) is 13.5. The Morgan fingerprint density at radius 2 is 1.86 bits per heavy atom. The predicted molar refractivity (Wildman–Crippen MR) is 107 cm³/mol. The van der Waals surface area contributed by atoms with Crippen LogP contribution in [0.3, 0.4) is 0 Å². The van der Waals surface area contributed by atoms with E-state index in [9.17, 15) is 14.4 Å². The predicted octanol–water partition coefficient (Wildman–Crippen LogP) is 2.67. The van der Waals surface area contributed by atoms with Crippen LogP contribution in [0, 0.1) is 6.92 Å². The van der Waals surface area contributed by atoms with Crippen molar-refractivity contribution >= 4 is 34.3 Å². The zero-order valence-electron chi connectivity index (χ0n) is 17.2. The highest BCUT2D eigenvalue weighted by Crippen LogP contribution is 2.35. The highest BCUT2D eigenvalue weighted by molar-refractivity contribution is 7.19. The van der Waals surface area contributed by atoms with Crippen LogP contribution < -0.4 is 10.6 Å². The monoisotopic (exact) mass is 423 g/mol. The molecule has 158 valence electrons. The molecular weight excluding hydrogens is 398 g/mol. The summed E-state index contributed by atoms with van der Waals surface area (Å²) in [5.41, 5.74) is 0.112. The summed E-state index contributed by atoms with van der Waals surface area (Å²) in [5, 5.41) is 14.1. The molecule has 11 heteroatoms. The van der Waals surface area contributed by atoms with Crippen LogP contribution in [0.25, 0.3) is 5.00 Å². The van der Waals surface area contributed by atoms with Crippen molar-refractivity contribution in [3.8, 4) is 5.00 Å². The molecule has 0 saturated carbocycles. The van der Waals surface area contributed by atoms with Crippen molar-refractivity contribution in [1.29, 1.82) is 0 Å². The Bertz CT molecular complexity index is 885. The highest BCUT2D eigenvalue weighted by Gasteiger charge is 2.27. The molecule has 0 fully saturated rings. The molecule has 2 amide bonds. The van der Waals surface area contributed by atoms with Gasteiger partial charge < -0.3 is 14.8 Å². The second-order valence-corrected chi connectivity index (χ2v) is 8.13. The topological polar surface area (TPSA) is 124 Å². The lowest BCUT2D eigenvalue weighted by atomic mass is 10.2. The molecule has 0 aliphatic heterocycles. The number of aromatic nitrogens is 3. The second-order valence-electron chi connectivity index (χ2n) is 7.13. The van der Waals surface area contributed by atoms with Gasteiger partial charge in [0.25, 0.3) is 0 Å². The molecule has 2 rings (SSSR count). The first-order valence-corrected chi connectivity index (χ1v) is 9.82. The first-order valence-electron chi connectivity index (χ1n) is 9.01. The van der Waals surface area contributed by atoms with Gasteiger partial charge in [-0.3, -0.25) is 5.32 Å². The number of urea groups is 1. The van der Waals surface area contributed by atoms with Gasteiger partial charge in [0.2, 0.25) is 0 Å². The SMILES string of the molecule is CCOC(=O)c1c(NC(=O)NC(C)C(=O)OC(C)(C)C)sc(-n2nccn2)c1C. The molecule has 2 heterocycles. The molecule has 0 bridgehead atoms. The number of rotatable bonds is 6. The quantitative estimate of drug-likeness (QED) is 0.684. The lowest BCUT2D eigenvalue weighted by molar-refractivity contribution is -0.156. The van der Waals surface area contributed by atoms with Crippen molar-refractivity contribution in [3.05, 3.63) is 23.5 Å². The fraction of sp³-hybridized carbons (Fsp3) is 0.500. The average Bonchev–Trinajstić information content (AvgIpc) is 3.21. The van der Waals surface area contributed by atoms with Crippen molar-refractivity contribution in [1.82, 2.24) is 20.3 Å². The van der Waals surface area contributed by atoms with Gasteiger partial charge >= 0.3 is 18.0 Å². The summed E-state index contributed by atoms with van der Waals surface area (Å²) in [6, 6.07) is -1.54. The van der Waals surface area contributed by atoms with Gasteiger partial charge in [-0.05, 0) is 41.5 Å². The number of hydrogen-bond acceptors (Lipinski definition) is 8. The Labute approximate surface area is 172 Å². The van der Waals surface area contributed by atoms with E-state index in [4.69, 9.17) is 9.47 Å². The Morgan fingerprint density at radius 3 is 2.41 bits per heavy atom. The number of anilines is 1. The highest BCUT2D eigenvalue weighted by atomic mass is 32.1. The summed E-state index contributed by atoms with van der Waals surface area (Å²) in [7, 11) is 0. The van der Waals surface area contributed by atoms with Crippen molar-refractivity contribution in [2.45, 2.75) is 53.2 Å². The van der Waals surface area contributed by atoms with Crippen LogP contribution in [0.5, 0.6) is 0 Å². The molecule has 2 N–H and O–H groups in total. The van der Waals surface area contributed by atoms with E-state index in [1.807, 2.05) is 0 Å². The van der Waals surface area contributed by atoms with E-state index >= 15 is 0 Å². The van der Waals surface area contributed by atoms with E-state index in [-0.39, 0.29) is 17.2 Å². The van der Waals surface area contributed by atoms with Crippen molar-refractivity contribution in [2.24, 2.45) is 0 Å². The zero-order chi connectivity index (χ0) is 21.8. The number of nitrogens with zero attached hydrogens (tertiary/aromatic N) is 3. The van der Waals surface area contributed by atoms with Crippen LogP contribution in [0.4, 0.5) is 9.80 Å². The molecule has 0 saturated heterocycles. The minimum atomic E-state index is -0.881. The Kier molecular flexibility index (Phi) is 6.96. The van der Waals surface area contributed by atoms with Crippen LogP contribution in [0.1, 0.15) is 50.5 Å². The summed E-state index contributed by atoms with van der Waals surface area (Å²) >= 11 is 1.12.